The summed E-state index contributed by atoms with van der Waals surface area (Å²) in [5.74, 6) is -0.0769. The highest BCUT2D eigenvalue weighted by Crippen LogP contribution is 2.32. The van der Waals surface area contributed by atoms with Crippen molar-refractivity contribution in [3.05, 3.63) is 95.5 Å². The van der Waals surface area contributed by atoms with Gasteiger partial charge in [0, 0.05) is 10.6 Å². The second-order valence-electron chi connectivity index (χ2n) is 6.26. The van der Waals surface area contributed by atoms with E-state index < -0.39 is 6.10 Å². The van der Waals surface area contributed by atoms with E-state index in [4.69, 9.17) is 21.7 Å². The topological polar surface area (TPSA) is 81.9 Å². The summed E-state index contributed by atoms with van der Waals surface area (Å²) < 4.78 is 5.79. The largest absolute Gasteiger partial charge is 0.461 e. The van der Waals surface area contributed by atoms with Gasteiger partial charge in [0.05, 0.1) is 11.4 Å². The number of hydrogen-bond donors (Lipinski definition) is 3. The number of hydrazone groups is 2. The van der Waals surface area contributed by atoms with Crippen molar-refractivity contribution in [1.29, 1.82) is 5.41 Å². The first-order chi connectivity index (χ1) is 14.2. The molecule has 1 fully saturated rings. The first-order valence-electron chi connectivity index (χ1n) is 9.00. The molecule has 0 radical (unpaired) electrons. The van der Waals surface area contributed by atoms with Gasteiger partial charge in [-0.05, 0) is 30.3 Å². The molecule has 1 saturated heterocycles. The van der Waals surface area contributed by atoms with Crippen molar-refractivity contribution in [2.45, 2.75) is 6.10 Å². The average molecular weight is 404 g/mol. The number of nitrogens with one attached hydrogen (secondary N) is 3. The van der Waals surface area contributed by atoms with Crippen LogP contribution in [0.15, 0.2) is 95.1 Å². The lowest BCUT2D eigenvalue weighted by molar-refractivity contribution is 0.275. The van der Waals surface area contributed by atoms with Gasteiger partial charge in [-0.3, -0.25) is 16.3 Å². The molecule has 4 rings (SSSR count). The Morgan fingerprint density at radius 2 is 1.31 bits per heavy atom. The molecular weight excluding hydrogens is 386 g/mol. The predicted molar refractivity (Wildman–Crippen MR) is 118 cm³/mol. The molecule has 1 heterocycles. The van der Waals surface area contributed by atoms with Crippen LogP contribution < -0.4 is 10.9 Å². The fourth-order valence-corrected chi connectivity index (χ4v) is 3.09. The first-order valence-corrected chi connectivity index (χ1v) is 9.38. The Labute approximate surface area is 173 Å². The van der Waals surface area contributed by atoms with Crippen LogP contribution in [-0.4, -0.2) is 17.3 Å². The lowest BCUT2D eigenvalue weighted by atomic mass is 10.0. The van der Waals surface area contributed by atoms with Gasteiger partial charge in [0.25, 0.3) is 0 Å². The number of halogens is 1. The second-order valence-corrected chi connectivity index (χ2v) is 6.67. The van der Waals surface area contributed by atoms with Crippen molar-refractivity contribution in [2.24, 2.45) is 10.2 Å². The van der Waals surface area contributed by atoms with Crippen molar-refractivity contribution in [1.82, 2.24) is 0 Å². The van der Waals surface area contributed by atoms with Gasteiger partial charge in [-0.2, -0.15) is 10.2 Å². The number of ether oxygens (including phenoxy) is 1. The summed E-state index contributed by atoms with van der Waals surface area (Å²) in [7, 11) is 0. The third-order valence-electron chi connectivity index (χ3n) is 4.28. The molecule has 0 saturated carbocycles. The first kappa shape index (κ1) is 18.7. The molecule has 1 aliphatic heterocycles. The number of nitrogens with zero attached hydrogens (tertiary/aromatic N) is 2. The number of anilines is 2. The Balaban J connectivity index is 1.70. The standard InChI is InChI=1S/C22H18ClN5O/c23-18-14-8-7-13-17(18)21-19(27-25-15-9-3-1-4-10-15)20(22(24)29-21)28-26-16-11-5-2-6-12-16/h1-14,21,24-26H/b24-22?,27-19+,28-20+/t21-/m1/s1. The molecular formula is C22H18ClN5O. The molecule has 3 aromatic rings. The van der Waals surface area contributed by atoms with Gasteiger partial charge < -0.3 is 4.74 Å². The van der Waals surface area contributed by atoms with Crippen LogP contribution in [0.2, 0.25) is 5.02 Å². The zero-order chi connectivity index (χ0) is 20.1. The Hall–Kier alpha value is -3.64. The Kier molecular flexibility index (Phi) is 5.54. The molecule has 0 amide bonds. The molecule has 1 atom stereocenters. The summed E-state index contributed by atoms with van der Waals surface area (Å²) in [6.45, 7) is 0. The summed E-state index contributed by atoms with van der Waals surface area (Å²) in [4.78, 5) is 0. The van der Waals surface area contributed by atoms with Gasteiger partial charge in [0.1, 0.15) is 5.71 Å². The van der Waals surface area contributed by atoms with Crippen LogP contribution in [0.5, 0.6) is 0 Å². The number of benzene rings is 3. The molecule has 6 nitrogen and oxygen atoms in total. The summed E-state index contributed by atoms with van der Waals surface area (Å²) in [5, 5.41) is 17.7. The quantitative estimate of drug-likeness (QED) is 0.504. The van der Waals surface area contributed by atoms with Crippen LogP contribution in [0.3, 0.4) is 0 Å². The monoisotopic (exact) mass is 403 g/mol. The van der Waals surface area contributed by atoms with Crippen molar-refractivity contribution in [2.75, 3.05) is 10.9 Å². The highest BCUT2D eigenvalue weighted by molar-refractivity contribution is 6.70. The number of hydrogen-bond acceptors (Lipinski definition) is 6. The Morgan fingerprint density at radius 1 is 0.759 bits per heavy atom. The van der Waals surface area contributed by atoms with E-state index in [1.54, 1.807) is 6.07 Å². The van der Waals surface area contributed by atoms with Gasteiger partial charge >= 0.3 is 0 Å². The SMILES string of the molecule is N=C1O[C@H](c2ccccc2Cl)C(=N/Nc2ccccc2)/C1=N\Nc1ccccc1. The van der Waals surface area contributed by atoms with Crippen LogP contribution in [0.1, 0.15) is 11.7 Å². The molecule has 0 aromatic heterocycles. The third-order valence-corrected chi connectivity index (χ3v) is 4.62. The minimum atomic E-state index is -0.635. The molecule has 0 aliphatic carbocycles. The van der Waals surface area contributed by atoms with Gasteiger partial charge in [0.2, 0.25) is 5.90 Å². The van der Waals surface area contributed by atoms with Gasteiger partial charge in [-0.1, -0.05) is 66.2 Å². The zero-order valence-electron chi connectivity index (χ0n) is 15.3. The van der Waals surface area contributed by atoms with E-state index in [1.165, 1.54) is 0 Å². The zero-order valence-corrected chi connectivity index (χ0v) is 16.1. The molecule has 7 heteroatoms. The minimum Gasteiger partial charge on any atom is -0.461 e. The normalized spacial score (nSPS) is 18.7. The average Bonchev–Trinajstić information content (AvgIpc) is 3.07. The molecule has 1 aliphatic rings. The van der Waals surface area contributed by atoms with Gasteiger partial charge in [0.15, 0.2) is 11.8 Å². The van der Waals surface area contributed by atoms with E-state index in [2.05, 4.69) is 21.1 Å². The highest BCUT2D eigenvalue weighted by atomic mass is 35.5. The fraction of sp³-hybridized carbons (Fsp3) is 0.0455. The van der Waals surface area contributed by atoms with Crippen molar-refractivity contribution in [3.8, 4) is 0 Å². The maximum Gasteiger partial charge on any atom is 0.237 e. The van der Waals surface area contributed by atoms with Crippen molar-refractivity contribution < 1.29 is 4.74 Å². The highest BCUT2D eigenvalue weighted by Gasteiger charge is 2.38. The second kappa shape index (κ2) is 8.58. The lowest BCUT2D eigenvalue weighted by Crippen LogP contribution is -2.19. The molecule has 3 N–H and O–H groups in total. The van der Waals surface area contributed by atoms with Crippen molar-refractivity contribution in [3.63, 3.8) is 0 Å². The summed E-state index contributed by atoms with van der Waals surface area (Å²) in [6.07, 6.45) is -0.635. The Bertz CT molecular complexity index is 1070. The summed E-state index contributed by atoms with van der Waals surface area (Å²) >= 11 is 6.37. The third kappa shape index (κ3) is 4.28. The van der Waals surface area contributed by atoms with E-state index >= 15 is 0 Å². The molecule has 3 aromatic carbocycles. The van der Waals surface area contributed by atoms with Crippen LogP contribution >= 0.6 is 11.6 Å². The molecule has 29 heavy (non-hydrogen) atoms. The van der Waals surface area contributed by atoms with Crippen LogP contribution in [0.25, 0.3) is 0 Å². The van der Waals surface area contributed by atoms with Crippen LogP contribution in [-0.2, 0) is 4.74 Å². The van der Waals surface area contributed by atoms with Crippen LogP contribution in [0.4, 0.5) is 11.4 Å². The molecule has 0 bridgehead atoms. The fourth-order valence-electron chi connectivity index (χ4n) is 2.86. The molecule has 0 unspecified atom stereocenters. The van der Waals surface area contributed by atoms with E-state index in [9.17, 15) is 0 Å². The smallest absolute Gasteiger partial charge is 0.237 e. The Morgan fingerprint density at radius 3 is 1.93 bits per heavy atom. The van der Waals surface area contributed by atoms with E-state index in [1.807, 2.05) is 78.9 Å². The maximum atomic E-state index is 8.29. The lowest BCUT2D eigenvalue weighted by Gasteiger charge is -2.12. The molecule has 144 valence electrons. The van der Waals surface area contributed by atoms with E-state index in [-0.39, 0.29) is 5.90 Å². The number of para-hydroxylation sites is 2. The summed E-state index contributed by atoms with van der Waals surface area (Å²) in [6, 6.07) is 26.4. The van der Waals surface area contributed by atoms with Gasteiger partial charge in [-0.25, -0.2) is 0 Å². The van der Waals surface area contributed by atoms with E-state index in [0.29, 0.717) is 16.4 Å². The van der Waals surface area contributed by atoms with Gasteiger partial charge in [-0.15, -0.1) is 0 Å². The molecule has 0 spiro atoms. The minimum absolute atomic E-state index is 0.0769. The maximum absolute atomic E-state index is 8.29. The predicted octanol–water partition coefficient (Wildman–Crippen LogP) is 5.32. The van der Waals surface area contributed by atoms with Crippen LogP contribution in [0, 0.1) is 5.41 Å². The summed E-state index contributed by atoms with van der Waals surface area (Å²) in [5.41, 5.74) is 9.07. The number of rotatable bonds is 5. The van der Waals surface area contributed by atoms with Crippen molar-refractivity contribution >= 4 is 40.3 Å². The van der Waals surface area contributed by atoms with E-state index in [0.717, 1.165) is 16.9 Å².